The van der Waals surface area contributed by atoms with Gasteiger partial charge >= 0.3 is 12.1 Å². The van der Waals surface area contributed by atoms with Crippen molar-refractivity contribution in [2.24, 2.45) is 22.5 Å². The molecule has 3 N–H and O–H groups in total. The summed E-state index contributed by atoms with van der Waals surface area (Å²) in [5.74, 6) is -3.66. The van der Waals surface area contributed by atoms with E-state index in [1.54, 1.807) is 13.0 Å². The van der Waals surface area contributed by atoms with Crippen LogP contribution in [0, 0.1) is 28.1 Å². The van der Waals surface area contributed by atoms with E-state index in [2.05, 4.69) is 15.9 Å². The third-order valence-electron chi connectivity index (χ3n) is 6.60. The van der Waals surface area contributed by atoms with Crippen LogP contribution in [0.2, 0.25) is 0 Å². The molecule has 13 heteroatoms. The van der Waals surface area contributed by atoms with Crippen LogP contribution in [0.3, 0.4) is 0 Å². The number of nitriles is 1. The van der Waals surface area contributed by atoms with Gasteiger partial charge in [0, 0.05) is 17.0 Å². The van der Waals surface area contributed by atoms with E-state index in [0.29, 0.717) is 6.07 Å². The van der Waals surface area contributed by atoms with Crippen molar-refractivity contribution in [1.82, 2.24) is 0 Å². The number of carboxylic acid groups (broad SMARTS) is 1. The fourth-order valence-corrected chi connectivity index (χ4v) is 7.31. The Morgan fingerprint density at radius 2 is 2.00 bits per heavy atom. The van der Waals surface area contributed by atoms with Gasteiger partial charge in [0.2, 0.25) is 5.91 Å². The first-order valence-corrected chi connectivity index (χ1v) is 12.2. The Bertz CT molecular complexity index is 1150. The third kappa shape index (κ3) is 3.91. The predicted molar refractivity (Wildman–Crippen MR) is 110 cm³/mol. The van der Waals surface area contributed by atoms with Gasteiger partial charge in [-0.2, -0.15) is 18.4 Å². The van der Waals surface area contributed by atoms with E-state index in [9.17, 15) is 41.5 Å². The fourth-order valence-electron chi connectivity index (χ4n) is 4.92. The third-order valence-corrected chi connectivity index (χ3v) is 9.30. The number of alkyl halides is 3. The molecule has 0 spiro atoms. The highest BCUT2D eigenvalue weighted by Crippen LogP contribution is 2.66. The molecule has 2 aliphatic carbocycles. The van der Waals surface area contributed by atoms with Crippen molar-refractivity contribution in [3.8, 4) is 6.07 Å². The van der Waals surface area contributed by atoms with E-state index >= 15 is 0 Å². The Morgan fingerprint density at radius 3 is 2.45 bits per heavy atom. The van der Waals surface area contributed by atoms with Crippen molar-refractivity contribution in [3.63, 3.8) is 0 Å². The molecule has 8 nitrogen and oxygen atoms in total. The lowest BCUT2D eigenvalue weighted by Gasteiger charge is -2.32. The zero-order valence-corrected chi connectivity index (χ0v) is 19.6. The summed E-state index contributed by atoms with van der Waals surface area (Å²) in [5.41, 5.74) is 0.164. The van der Waals surface area contributed by atoms with Crippen LogP contribution in [-0.4, -0.2) is 43.4 Å². The molecule has 2 aliphatic rings. The van der Waals surface area contributed by atoms with Crippen LogP contribution in [0.1, 0.15) is 31.7 Å². The molecule has 0 aliphatic heterocycles. The first kappa shape index (κ1) is 25.5. The summed E-state index contributed by atoms with van der Waals surface area (Å²) in [6, 6.07) is 4.35. The van der Waals surface area contributed by atoms with Gasteiger partial charge in [-0.3, -0.25) is 9.59 Å². The molecule has 1 amide bonds. The topological polar surface area (TPSA) is 148 Å². The molecule has 0 bridgehead atoms. The zero-order valence-electron chi connectivity index (χ0n) is 17.2. The van der Waals surface area contributed by atoms with E-state index in [0.717, 1.165) is 12.1 Å². The van der Waals surface area contributed by atoms with E-state index in [1.165, 1.54) is 0 Å². The number of nitrogens with zero attached hydrogens (tertiary/aromatic N) is 1. The number of carbonyl (C=O) groups excluding carboxylic acids is 1. The normalized spacial score (nSPS) is 31.7. The van der Waals surface area contributed by atoms with Gasteiger partial charge in [0.15, 0.2) is 9.84 Å². The largest absolute Gasteiger partial charge is 0.481 e. The number of hydrogen-bond donors (Lipinski definition) is 2. The van der Waals surface area contributed by atoms with Crippen molar-refractivity contribution < 1.29 is 41.0 Å². The highest BCUT2D eigenvalue weighted by atomic mass is 79.9. The molecular formula is C20H20BrF3N2O6S. The molecule has 0 radical (unpaired) electrons. The number of primary amides is 1. The second kappa shape index (κ2) is 8.25. The SMILES string of the molecule is CCO[C@H]1C[C@@H](S(=O)(=O)c2ccc(Br)cc2C(F)(F)F)C[C@]1(C(=O)O)C1CC1(C#N)C(N)=O. The number of rotatable bonds is 7. The van der Waals surface area contributed by atoms with Crippen molar-refractivity contribution >= 4 is 37.6 Å². The van der Waals surface area contributed by atoms with Crippen molar-refractivity contribution in [3.05, 3.63) is 28.2 Å². The van der Waals surface area contributed by atoms with E-state index in [1.807, 2.05) is 0 Å². The van der Waals surface area contributed by atoms with Gasteiger partial charge in [0.1, 0.15) is 10.8 Å². The number of sulfone groups is 1. The number of benzene rings is 1. The average molecular weight is 553 g/mol. The standard InChI is InChI=1S/C20H20BrF3N2O6S/c1-2-32-15-6-11(7-19(15,17(28)29)14-8-18(14,9-25)16(26)27)33(30,31)13-4-3-10(21)5-12(13)20(22,23)24/h3-5,11,14-15H,2,6-8H2,1H3,(H2,26,27)(H,28,29)/t11-,14?,15+,18?,19+/m1/s1. The molecule has 0 heterocycles. The predicted octanol–water partition coefficient (Wildman–Crippen LogP) is 2.90. The first-order chi connectivity index (χ1) is 15.2. The Morgan fingerprint density at radius 1 is 1.36 bits per heavy atom. The molecule has 2 unspecified atom stereocenters. The summed E-state index contributed by atoms with van der Waals surface area (Å²) < 4.78 is 73.1. The smallest absolute Gasteiger partial charge is 0.417 e. The lowest BCUT2D eigenvalue weighted by atomic mass is 9.75. The maximum atomic E-state index is 13.6. The average Bonchev–Trinajstić information content (AvgIpc) is 3.34. The monoisotopic (exact) mass is 552 g/mol. The Kier molecular flexibility index (Phi) is 6.36. The van der Waals surface area contributed by atoms with Crippen LogP contribution < -0.4 is 5.73 Å². The van der Waals surface area contributed by atoms with E-state index < -0.39 is 79.3 Å². The number of amides is 1. The molecule has 3 rings (SSSR count). The van der Waals surface area contributed by atoms with E-state index in [-0.39, 0.29) is 17.5 Å². The Hall–Kier alpha value is -2.17. The van der Waals surface area contributed by atoms with Crippen molar-refractivity contribution in [2.45, 2.75) is 48.6 Å². The number of carbonyl (C=O) groups is 2. The number of nitrogens with two attached hydrogens (primary N) is 1. The Labute approximate surface area is 195 Å². The van der Waals surface area contributed by atoms with Crippen LogP contribution in [-0.2, 0) is 30.3 Å². The number of carboxylic acids is 1. The minimum atomic E-state index is -4.98. The van der Waals surface area contributed by atoms with Crippen LogP contribution in [0.15, 0.2) is 27.6 Å². The minimum Gasteiger partial charge on any atom is -0.481 e. The van der Waals surface area contributed by atoms with Gasteiger partial charge < -0.3 is 15.6 Å². The summed E-state index contributed by atoms with van der Waals surface area (Å²) in [7, 11) is -4.68. The molecule has 180 valence electrons. The lowest BCUT2D eigenvalue weighted by molar-refractivity contribution is -0.160. The molecule has 5 atom stereocenters. The summed E-state index contributed by atoms with van der Waals surface area (Å²) >= 11 is 2.90. The van der Waals surface area contributed by atoms with Gasteiger partial charge in [-0.05, 0) is 44.4 Å². The molecular weight excluding hydrogens is 533 g/mol. The maximum absolute atomic E-state index is 13.6. The van der Waals surface area contributed by atoms with Gasteiger partial charge in [-0.25, -0.2) is 8.42 Å². The zero-order chi connectivity index (χ0) is 25.0. The van der Waals surface area contributed by atoms with Crippen molar-refractivity contribution in [1.29, 1.82) is 5.26 Å². The van der Waals surface area contributed by atoms with Crippen LogP contribution in [0.5, 0.6) is 0 Å². The second-order valence-electron chi connectivity index (χ2n) is 8.24. The minimum absolute atomic E-state index is 0.0125. The second-order valence-corrected chi connectivity index (χ2v) is 11.4. The van der Waals surface area contributed by atoms with E-state index in [4.69, 9.17) is 10.5 Å². The van der Waals surface area contributed by atoms with Gasteiger partial charge in [-0.15, -0.1) is 0 Å². The molecule has 2 saturated carbocycles. The summed E-state index contributed by atoms with van der Waals surface area (Å²) in [6.45, 7) is 1.53. The summed E-state index contributed by atoms with van der Waals surface area (Å²) in [6.07, 6.45) is -7.46. The molecule has 33 heavy (non-hydrogen) atoms. The fraction of sp³-hybridized carbons (Fsp3) is 0.550. The number of hydrogen-bond acceptors (Lipinski definition) is 6. The molecule has 1 aromatic carbocycles. The first-order valence-electron chi connectivity index (χ1n) is 9.85. The van der Waals surface area contributed by atoms with Gasteiger partial charge in [0.25, 0.3) is 0 Å². The Balaban J connectivity index is 2.12. The van der Waals surface area contributed by atoms with Crippen LogP contribution in [0.4, 0.5) is 13.2 Å². The maximum Gasteiger partial charge on any atom is 0.417 e. The highest BCUT2D eigenvalue weighted by molar-refractivity contribution is 9.10. The van der Waals surface area contributed by atoms with Gasteiger partial charge in [-0.1, -0.05) is 15.9 Å². The van der Waals surface area contributed by atoms with Crippen LogP contribution in [0.25, 0.3) is 0 Å². The molecule has 0 aromatic heterocycles. The molecule has 2 fully saturated rings. The number of ether oxygens (including phenoxy) is 1. The lowest BCUT2D eigenvalue weighted by Crippen LogP contribution is -2.45. The number of aliphatic carboxylic acids is 1. The molecule has 0 saturated heterocycles. The summed E-state index contributed by atoms with van der Waals surface area (Å²) in [5, 5.41) is 18.1. The van der Waals surface area contributed by atoms with Gasteiger partial charge in [0.05, 0.1) is 27.9 Å². The quantitative estimate of drug-likeness (QED) is 0.528. The summed E-state index contributed by atoms with van der Waals surface area (Å²) in [4.78, 5) is 23.4. The van der Waals surface area contributed by atoms with Crippen molar-refractivity contribution in [2.75, 3.05) is 6.61 Å². The molecule has 1 aromatic rings. The van der Waals surface area contributed by atoms with Crippen LogP contribution >= 0.6 is 15.9 Å². The highest BCUT2D eigenvalue weighted by Gasteiger charge is 2.75. The number of halogens is 4.